The van der Waals surface area contributed by atoms with Gasteiger partial charge in [0.15, 0.2) is 0 Å². The van der Waals surface area contributed by atoms with Crippen molar-refractivity contribution >= 4 is 283 Å². The molecule has 0 aliphatic rings. The Hall–Kier alpha value is -5.47. The fourth-order valence-corrected chi connectivity index (χ4v) is 13.1. The molecule has 0 atom stereocenters. The third kappa shape index (κ3) is 6.58. The summed E-state index contributed by atoms with van der Waals surface area (Å²) >= 11 is 0. The van der Waals surface area contributed by atoms with E-state index in [2.05, 4.69) is 235 Å². The molecule has 0 aliphatic carbocycles. The van der Waals surface area contributed by atoms with E-state index in [9.17, 15) is 0 Å². The first-order valence-corrected chi connectivity index (χ1v) is 24.7. The molecule has 0 radical (unpaired) electrons. The summed E-state index contributed by atoms with van der Waals surface area (Å²) in [6, 6.07) is 32.4. The molecule has 10 aromatic rings. The van der Waals surface area contributed by atoms with Crippen LogP contribution in [0.15, 0.2) is 84.9 Å². The molecule has 0 saturated carbocycles. The summed E-state index contributed by atoms with van der Waals surface area (Å²) in [5.74, 6) is 0. The summed E-state index contributed by atoms with van der Waals surface area (Å²) in [7, 11) is 41.8. The largest absolute Gasteiger partial charge is 0.312 e. The first-order valence-electron chi connectivity index (χ1n) is 24.7. The van der Waals surface area contributed by atoms with Crippen molar-refractivity contribution < 1.29 is 0 Å². The summed E-state index contributed by atoms with van der Waals surface area (Å²) in [6.45, 7) is 0. The van der Waals surface area contributed by atoms with Gasteiger partial charge in [0.2, 0.25) is 0 Å². The maximum absolute atomic E-state index is 2.66. The van der Waals surface area contributed by atoms with Gasteiger partial charge in [0.1, 0.15) is 141 Å². The lowest BCUT2D eigenvalue weighted by Crippen LogP contribution is -2.36. The molecule has 0 aliphatic heterocycles. The van der Waals surface area contributed by atoms with Crippen LogP contribution < -0.4 is 98.3 Å². The van der Waals surface area contributed by atoms with Crippen LogP contribution in [0.3, 0.4) is 0 Å². The van der Waals surface area contributed by atoms with Crippen LogP contribution in [0.1, 0.15) is 0 Å². The highest BCUT2D eigenvalue weighted by atomic mass is 15.0. The average molecular weight is 850 g/mol. The Morgan fingerprint density at radius 3 is 0.868 bits per heavy atom. The van der Waals surface area contributed by atoms with Crippen LogP contribution in [0, 0.1) is 0 Å². The number of fused-ring (bicyclic) bond motifs is 6. The van der Waals surface area contributed by atoms with Gasteiger partial charge in [0.25, 0.3) is 0 Å². The minimum absolute atomic E-state index is 1.29. The predicted octanol–water partition coefficient (Wildman–Crippen LogP) is -18.5. The minimum atomic E-state index is 1.29. The molecule has 2 nitrogen and oxygen atoms in total. The Kier molecular flexibility index (Phi) is 11.3. The highest BCUT2D eigenvalue weighted by molar-refractivity contribution is 6.64. The van der Waals surface area contributed by atoms with Crippen LogP contribution in [0.4, 0.5) is 0 Å². The highest BCUT2D eigenvalue weighted by Crippen LogP contribution is 2.33. The van der Waals surface area contributed by atoms with Crippen molar-refractivity contribution in [2.24, 2.45) is 0 Å². The van der Waals surface area contributed by atoms with E-state index in [1.54, 1.807) is 0 Å². The van der Waals surface area contributed by atoms with E-state index in [0.717, 1.165) is 0 Å². The number of rotatable bonds is 5. The molecule has 0 amide bonds. The number of hydrogen-bond donors (Lipinski definition) is 0. The lowest BCUT2D eigenvalue weighted by atomic mass is 9.70. The topological polar surface area (TPSA) is 9.86 Å². The smallest absolute Gasteiger partial charge is 0.142 e. The standard InChI is InChI=1S/C48H50B18N2/c49-19-7-3-1-5-15(19)31-21(51)11-29(59)47(41(31)65)67-43-25(55)9-17(37(61)33(43)35-39(63)23(53)13-27(57)45(35)67)18-10-26(56)44-34(38(18)62)36-40(64)24(54)14-28(58)46(36)68(44)48-30(60)12-22(52)32(42(48)66)16-6-2-4-8-20(16)50/h1-14H,49-66H2. The van der Waals surface area contributed by atoms with Crippen molar-refractivity contribution in [2.75, 3.05) is 0 Å². The second-order valence-electron chi connectivity index (χ2n) is 20.9. The molecular formula is C48H50B18N2. The van der Waals surface area contributed by atoms with Crippen molar-refractivity contribution in [3.63, 3.8) is 0 Å². The lowest BCUT2D eigenvalue weighted by molar-refractivity contribution is 1.22. The molecule has 2 heterocycles. The normalized spacial score (nSPS) is 11.7. The monoisotopic (exact) mass is 853 g/mol. The van der Waals surface area contributed by atoms with Gasteiger partial charge >= 0.3 is 0 Å². The molecule has 2 aromatic heterocycles. The Morgan fingerprint density at radius 1 is 0.235 bits per heavy atom. The third-order valence-corrected chi connectivity index (χ3v) is 16.3. The Bertz CT molecular complexity index is 3660. The van der Waals surface area contributed by atoms with Gasteiger partial charge in [-0.1, -0.05) is 183 Å². The highest BCUT2D eigenvalue weighted by Gasteiger charge is 2.28. The summed E-state index contributed by atoms with van der Waals surface area (Å²) in [5, 5.41) is 5.49. The van der Waals surface area contributed by atoms with Crippen molar-refractivity contribution in [3.8, 4) is 44.8 Å². The molecule has 0 unspecified atom stereocenters. The van der Waals surface area contributed by atoms with E-state index in [0.29, 0.717) is 0 Å². The van der Waals surface area contributed by atoms with Crippen LogP contribution in [-0.2, 0) is 0 Å². The molecular weight excluding hydrogens is 799 g/mol. The molecule has 0 saturated heterocycles. The first kappa shape index (κ1) is 46.3. The zero-order chi connectivity index (χ0) is 48.7. The van der Waals surface area contributed by atoms with E-state index in [1.165, 1.54) is 187 Å². The average Bonchev–Trinajstić information content (AvgIpc) is 3.82. The zero-order valence-electron chi connectivity index (χ0n) is 44.0. The van der Waals surface area contributed by atoms with Crippen molar-refractivity contribution in [3.05, 3.63) is 84.9 Å². The SMILES string of the molecule is Bc1ccccc1-c1c(B)cc(B)c(-n2c3c(B)cc(B)c(B)c3c3c(B)c(-c4cc(B)c5c(c4B)c4c(B)c(B)cc(B)c4n5-c4c(B)cc(B)c(-c5ccccc5B)c4B)cc(B)c32)c1B. The summed E-state index contributed by atoms with van der Waals surface area (Å²) in [4.78, 5) is 0. The van der Waals surface area contributed by atoms with Crippen LogP contribution >= 0.6 is 0 Å². The quantitative estimate of drug-likeness (QED) is 0.153. The molecule has 0 spiro atoms. The first-order chi connectivity index (χ1) is 32.3. The van der Waals surface area contributed by atoms with E-state index in [-0.39, 0.29) is 0 Å². The molecule has 306 valence electrons. The molecule has 0 bridgehead atoms. The third-order valence-electron chi connectivity index (χ3n) is 16.3. The van der Waals surface area contributed by atoms with E-state index in [4.69, 9.17) is 0 Å². The van der Waals surface area contributed by atoms with E-state index >= 15 is 0 Å². The van der Waals surface area contributed by atoms with Crippen LogP contribution in [-0.4, -0.2) is 150 Å². The predicted molar refractivity (Wildman–Crippen MR) is 359 cm³/mol. The van der Waals surface area contributed by atoms with Crippen LogP contribution in [0.5, 0.6) is 0 Å². The fourth-order valence-electron chi connectivity index (χ4n) is 13.1. The van der Waals surface area contributed by atoms with Gasteiger partial charge in [0.05, 0.1) is 0 Å². The molecule has 0 fully saturated rings. The van der Waals surface area contributed by atoms with E-state index < -0.39 is 0 Å². The van der Waals surface area contributed by atoms with Crippen molar-refractivity contribution in [2.45, 2.75) is 0 Å². The summed E-state index contributed by atoms with van der Waals surface area (Å²) < 4.78 is 5.32. The maximum Gasteiger partial charge on any atom is 0.142 e. The number of benzene rings is 8. The Balaban J connectivity index is 1.33. The molecule has 68 heavy (non-hydrogen) atoms. The molecule has 20 heteroatoms. The minimum Gasteiger partial charge on any atom is -0.312 e. The molecule has 0 N–H and O–H groups in total. The van der Waals surface area contributed by atoms with Gasteiger partial charge in [0, 0.05) is 44.2 Å². The van der Waals surface area contributed by atoms with Gasteiger partial charge in [-0.25, -0.2) is 0 Å². The van der Waals surface area contributed by atoms with Crippen molar-refractivity contribution in [1.82, 2.24) is 9.13 Å². The Labute approximate surface area is 419 Å². The second kappa shape index (κ2) is 16.6. The Morgan fingerprint density at radius 2 is 0.529 bits per heavy atom. The fraction of sp³-hybridized carbons (Fsp3) is 0. The second-order valence-corrected chi connectivity index (χ2v) is 20.9. The van der Waals surface area contributed by atoms with Crippen molar-refractivity contribution in [1.29, 1.82) is 0 Å². The number of aromatic nitrogens is 2. The zero-order valence-corrected chi connectivity index (χ0v) is 44.0. The number of nitrogens with zero attached hydrogens (tertiary/aromatic N) is 2. The summed E-state index contributed by atoms with van der Waals surface area (Å²) in [5.41, 5.74) is 39.6. The van der Waals surface area contributed by atoms with E-state index in [1.807, 2.05) is 0 Å². The van der Waals surface area contributed by atoms with Gasteiger partial charge in [-0.2, -0.15) is 0 Å². The maximum atomic E-state index is 2.66. The molecule has 8 aromatic carbocycles. The van der Waals surface area contributed by atoms with Gasteiger partial charge in [-0.15, -0.1) is 0 Å². The molecule has 10 rings (SSSR count). The van der Waals surface area contributed by atoms with Gasteiger partial charge in [-0.05, 0) is 44.2 Å². The lowest BCUT2D eigenvalue weighted by Gasteiger charge is -2.24. The van der Waals surface area contributed by atoms with Crippen LogP contribution in [0.25, 0.3) is 88.4 Å². The van der Waals surface area contributed by atoms with Gasteiger partial charge < -0.3 is 9.13 Å². The van der Waals surface area contributed by atoms with Gasteiger partial charge in [-0.3, -0.25) is 0 Å². The summed E-state index contributed by atoms with van der Waals surface area (Å²) in [6.07, 6.45) is 0. The van der Waals surface area contributed by atoms with Crippen LogP contribution in [0.2, 0.25) is 0 Å². The number of hydrogen-bond acceptors (Lipinski definition) is 0.